The highest BCUT2D eigenvalue weighted by atomic mass is 32.1. The van der Waals surface area contributed by atoms with E-state index in [1.807, 2.05) is 30.3 Å². The van der Waals surface area contributed by atoms with Gasteiger partial charge in [-0.3, -0.25) is 0 Å². The second kappa shape index (κ2) is 11.6. The summed E-state index contributed by atoms with van der Waals surface area (Å²) in [7, 11) is 0. The van der Waals surface area contributed by atoms with E-state index in [0.29, 0.717) is 17.5 Å². The van der Waals surface area contributed by atoms with Crippen molar-refractivity contribution in [2.75, 3.05) is 0 Å². The molecule has 0 aliphatic carbocycles. The number of aromatic nitrogens is 3. The first-order valence-corrected chi connectivity index (χ1v) is 17.4. The maximum absolute atomic E-state index is 6.47. The molecule has 0 unspecified atom stereocenters. The van der Waals surface area contributed by atoms with E-state index in [0.717, 1.165) is 55.3 Å². The van der Waals surface area contributed by atoms with Crippen molar-refractivity contribution in [2.45, 2.75) is 0 Å². The Morgan fingerprint density at radius 3 is 1.70 bits per heavy atom. The van der Waals surface area contributed by atoms with Crippen LogP contribution < -0.4 is 0 Å². The largest absolute Gasteiger partial charge is 0.456 e. The van der Waals surface area contributed by atoms with Gasteiger partial charge >= 0.3 is 0 Å². The molecule has 0 N–H and O–H groups in total. The molecule has 0 radical (unpaired) electrons. The van der Waals surface area contributed by atoms with E-state index < -0.39 is 0 Å². The van der Waals surface area contributed by atoms with Gasteiger partial charge in [0.05, 0.1) is 0 Å². The average molecular weight is 658 g/mol. The maximum atomic E-state index is 6.47. The summed E-state index contributed by atoms with van der Waals surface area (Å²) in [6.07, 6.45) is 0. The van der Waals surface area contributed by atoms with Crippen molar-refractivity contribution >= 4 is 53.4 Å². The second-order valence-corrected chi connectivity index (χ2v) is 13.5. The lowest BCUT2D eigenvalue weighted by atomic mass is 9.98. The van der Waals surface area contributed by atoms with E-state index in [-0.39, 0.29) is 0 Å². The minimum atomic E-state index is 0.599. The molecule has 4 nitrogen and oxygen atoms in total. The number of fused-ring (bicyclic) bond motifs is 6. The smallest absolute Gasteiger partial charge is 0.164 e. The third-order valence-corrected chi connectivity index (χ3v) is 10.5. The second-order valence-electron chi connectivity index (χ2n) is 12.4. The quantitative estimate of drug-likeness (QED) is 0.185. The average Bonchev–Trinajstić information content (AvgIpc) is 3.76. The molecule has 0 fully saturated rings. The Labute approximate surface area is 292 Å². The Bertz CT molecular complexity index is 2860. The van der Waals surface area contributed by atoms with Gasteiger partial charge in [0.15, 0.2) is 17.5 Å². The lowest BCUT2D eigenvalue weighted by molar-refractivity contribution is 0.669. The zero-order valence-corrected chi connectivity index (χ0v) is 27.6. The molecule has 10 rings (SSSR count). The van der Waals surface area contributed by atoms with Gasteiger partial charge in [0.2, 0.25) is 0 Å². The molecule has 3 heterocycles. The summed E-state index contributed by atoms with van der Waals surface area (Å²) in [5, 5.41) is 4.46. The molecule has 0 saturated heterocycles. The fraction of sp³-hybridized carbons (Fsp3) is 0. The SMILES string of the molecule is c1ccc(-c2ccc(-c3nc(-c4ccc5sc6ccccc6c5c4)nc(-c4cc(-c5ccccc5)cc5oc6ccccc6c45)n3)cc2)cc1. The van der Waals surface area contributed by atoms with Gasteiger partial charge in [-0.2, -0.15) is 0 Å². The van der Waals surface area contributed by atoms with Crippen molar-refractivity contribution < 1.29 is 4.42 Å². The Hall–Kier alpha value is -6.43. The fourth-order valence-corrected chi connectivity index (χ4v) is 7.98. The van der Waals surface area contributed by atoms with Crippen molar-refractivity contribution in [3.63, 3.8) is 0 Å². The van der Waals surface area contributed by atoms with Crippen LogP contribution in [0.4, 0.5) is 0 Å². The first-order chi connectivity index (χ1) is 24.7. The van der Waals surface area contributed by atoms with Crippen LogP contribution in [-0.2, 0) is 0 Å². The molecule has 0 aliphatic rings. The third-order valence-electron chi connectivity index (χ3n) is 9.35. The minimum absolute atomic E-state index is 0.599. The van der Waals surface area contributed by atoms with Gasteiger partial charge in [0.25, 0.3) is 0 Å². The lowest BCUT2D eigenvalue weighted by Gasteiger charge is -2.11. The summed E-state index contributed by atoms with van der Waals surface area (Å²) in [6, 6.07) is 56.8. The van der Waals surface area contributed by atoms with Crippen LogP contribution in [0.2, 0.25) is 0 Å². The summed E-state index contributed by atoms with van der Waals surface area (Å²) in [6.45, 7) is 0. The van der Waals surface area contributed by atoms with Crippen LogP contribution in [0.5, 0.6) is 0 Å². The number of hydrogen-bond acceptors (Lipinski definition) is 5. The summed E-state index contributed by atoms with van der Waals surface area (Å²) in [5.74, 6) is 1.84. The van der Waals surface area contributed by atoms with Crippen LogP contribution in [0.1, 0.15) is 0 Å². The number of rotatable bonds is 5. The van der Waals surface area contributed by atoms with Gasteiger partial charge in [-0.25, -0.2) is 15.0 Å². The highest BCUT2D eigenvalue weighted by Gasteiger charge is 2.20. The van der Waals surface area contributed by atoms with E-state index >= 15 is 0 Å². The van der Waals surface area contributed by atoms with E-state index in [1.165, 1.54) is 25.7 Å². The monoisotopic (exact) mass is 657 g/mol. The minimum Gasteiger partial charge on any atom is -0.456 e. The van der Waals surface area contributed by atoms with E-state index in [1.54, 1.807) is 11.3 Å². The molecular weight excluding hydrogens is 631 g/mol. The van der Waals surface area contributed by atoms with Gasteiger partial charge in [-0.1, -0.05) is 121 Å². The maximum Gasteiger partial charge on any atom is 0.164 e. The Morgan fingerprint density at radius 2 is 0.920 bits per heavy atom. The normalized spacial score (nSPS) is 11.6. The van der Waals surface area contributed by atoms with Crippen molar-refractivity contribution in [1.82, 2.24) is 15.0 Å². The summed E-state index contributed by atoms with van der Waals surface area (Å²) in [5.41, 5.74) is 8.83. The zero-order valence-electron chi connectivity index (χ0n) is 26.7. The van der Waals surface area contributed by atoms with E-state index in [4.69, 9.17) is 19.4 Å². The van der Waals surface area contributed by atoms with Gasteiger partial charge < -0.3 is 4.42 Å². The fourth-order valence-electron chi connectivity index (χ4n) is 6.89. The topological polar surface area (TPSA) is 51.8 Å². The molecule has 50 heavy (non-hydrogen) atoms. The number of hydrogen-bond donors (Lipinski definition) is 0. The van der Waals surface area contributed by atoms with Gasteiger partial charge in [0.1, 0.15) is 11.2 Å². The predicted molar refractivity (Wildman–Crippen MR) is 207 cm³/mol. The Kier molecular flexibility index (Phi) is 6.64. The summed E-state index contributed by atoms with van der Waals surface area (Å²) in [4.78, 5) is 15.6. The van der Waals surface area contributed by atoms with Crippen molar-refractivity contribution in [1.29, 1.82) is 0 Å². The molecule has 0 spiro atoms. The zero-order chi connectivity index (χ0) is 33.0. The van der Waals surface area contributed by atoms with Gasteiger partial charge in [0, 0.05) is 47.6 Å². The lowest BCUT2D eigenvalue weighted by Crippen LogP contribution is -2.00. The number of thiophene rings is 1. The Morgan fingerprint density at radius 1 is 0.360 bits per heavy atom. The molecular formula is C45H27N3OS. The Balaban J connectivity index is 1.22. The van der Waals surface area contributed by atoms with E-state index in [9.17, 15) is 0 Å². The highest BCUT2D eigenvalue weighted by Crippen LogP contribution is 2.41. The third kappa shape index (κ3) is 4.87. The van der Waals surface area contributed by atoms with Gasteiger partial charge in [-0.05, 0) is 64.7 Å². The molecule has 5 heteroatoms. The number of benzene rings is 7. The number of furan rings is 1. The van der Waals surface area contributed by atoms with Crippen molar-refractivity contribution in [3.05, 3.63) is 164 Å². The van der Waals surface area contributed by atoms with Crippen LogP contribution in [0.25, 0.3) is 98.5 Å². The number of para-hydroxylation sites is 1. The predicted octanol–water partition coefficient (Wildman–Crippen LogP) is 12.5. The van der Waals surface area contributed by atoms with Crippen LogP contribution in [0.3, 0.4) is 0 Å². The molecule has 7 aromatic carbocycles. The van der Waals surface area contributed by atoms with Crippen molar-refractivity contribution in [2.24, 2.45) is 0 Å². The number of nitrogens with zero attached hydrogens (tertiary/aromatic N) is 3. The molecule has 3 aromatic heterocycles. The molecule has 234 valence electrons. The van der Waals surface area contributed by atoms with Crippen molar-refractivity contribution in [3.8, 4) is 56.4 Å². The molecule has 0 saturated carbocycles. The first kappa shape index (κ1) is 28.6. The van der Waals surface area contributed by atoms with Crippen LogP contribution in [0, 0.1) is 0 Å². The van der Waals surface area contributed by atoms with Crippen LogP contribution in [-0.4, -0.2) is 15.0 Å². The summed E-state index contributed by atoms with van der Waals surface area (Å²) >= 11 is 1.80. The molecule has 0 bridgehead atoms. The van der Waals surface area contributed by atoms with Gasteiger partial charge in [-0.15, -0.1) is 11.3 Å². The molecule has 10 aromatic rings. The van der Waals surface area contributed by atoms with Crippen LogP contribution in [0.15, 0.2) is 168 Å². The van der Waals surface area contributed by atoms with E-state index in [2.05, 4.69) is 133 Å². The highest BCUT2D eigenvalue weighted by molar-refractivity contribution is 7.25. The standard InChI is InChI=1S/C45H27N3OS/c1-3-11-28(12-4-1)30-19-21-31(22-20-30)43-46-44(32-23-24-41-36(25-32)34-15-8-10-18-40(34)50-41)48-45(47-43)37-26-33(29-13-5-2-6-14-29)27-39-42(37)35-16-7-9-17-38(35)49-39/h1-27H. The van der Waals surface area contributed by atoms with Crippen LogP contribution >= 0.6 is 11.3 Å². The summed E-state index contributed by atoms with van der Waals surface area (Å²) < 4.78 is 8.98. The molecule has 0 atom stereocenters. The first-order valence-electron chi connectivity index (χ1n) is 16.6. The molecule has 0 amide bonds. The molecule has 0 aliphatic heterocycles.